The van der Waals surface area contributed by atoms with Crippen LogP contribution in [0.25, 0.3) is 10.8 Å². The maximum atomic E-state index is 12.5. The van der Waals surface area contributed by atoms with E-state index in [2.05, 4.69) is 19.6 Å². The van der Waals surface area contributed by atoms with Crippen LogP contribution in [0.3, 0.4) is 0 Å². The number of rotatable bonds is 7. The fourth-order valence-electron chi connectivity index (χ4n) is 3.62. The molecule has 2 N–H and O–H groups in total. The van der Waals surface area contributed by atoms with Crippen molar-refractivity contribution in [3.05, 3.63) is 69.6 Å². The number of hydrogen-bond donors (Lipinski definition) is 2. The standard InChI is InChI=1S/C22H24ClN5O3S/c1-27(2)14-25-32(30,31)21-9-15(3-6-20(21)23)11-28-12-18(13-28)26-17-4-5-19-16(10-17)7-8-24-22(19)29/h3-10,14,18,26H,11-13H2,1-2H3,(H,24,29). The highest BCUT2D eigenvalue weighted by atomic mass is 35.5. The number of aromatic amines is 1. The monoisotopic (exact) mass is 473 g/mol. The summed E-state index contributed by atoms with van der Waals surface area (Å²) >= 11 is 6.13. The molecule has 1 aromatic heterocycles. The molecule has 3 aromatic rings. The summed E-state index contributed by atoms with van der Waals surface area (Å²) < 4.78 is 28.7. The van der Waals surface area contributed by atoms with E-state index in [1.54, 1.807) is 37.3 Å². The summed E-state index contributed by atoms with van der Waals surface area (Å²) in [5, 5.41) is 5.19. The van der Waals surface area contributed by atoms with Gasteiger partial charge < -0.3 is 15.2 Å². The number of sulfonamides is 1. The van der Waals surface area contributed by atoms with Crippen molar-refractivity contribution in [1.29, 1.82) is 0 Å². The Hall–Kier alpha value is -2.88. The number of fused-ring (bicyclic) bond motifs is 1. The number of nitrogens with one attached hydrogen (secondary N) is 2. The van der Waals surface area contributed by atoms with E-state index < -0.39 is 10.0 Å². The number of anilines is 1. The highest BCUT2D eigenvalue weighted by molar-refractivity contribution is 7.90. The summed E-state index contributed by atoms with van der Waals surface area (Å²) in [6.07, 6.45) is 2.89. The Labute approximate surface area is 191 Å². The van der Waals surface area contributed by atoms with Gasteiger partial charge in [0.15, 0.2) is 0 Å². The van der Waals surface area contributed by atoms with Gasteiger partial charge in [0.05, 0.1) is 11.1 Å². The molecule has 10 heteroatoms. The van der Waals surface area contributed by atoms with Crippen molar-refractivity contribution >= 4 is 44.4 Å². The molecule has 0 aliphatic carbocycles. The third kappa shape index (κ3) is 4.95. The molecule has 2 heterocycles. The molecule has 2 aromatic carbocycles. The van der Waals surface area contributed by atoms with Crippen LogP contribution in [0.4, 0.5) is 5.69 Å². The second kappa shape index (κ2) is 8.93. The second-order valence-corrected chi connectivity index (χ2v) is 10.1. The molecule has 0 amide bonds. The Morgan fingerprint density at radius 1 is 1.22 bits per heavy atom. The molecule has 8 nitrogen and oxygen atoms in total. The minimum atomic E-state index is -3.87. The highest BCUT2D eigenvalue weighted by Gasteiger charge is 2.27. The van der Waals surface area contributed by atoms with Gasteiger partial charge in [0, 0.05) is 51.0 Å². The van der Waals surface area contributed by atoms with Gasteiger partial charge in [0.2, 0.25) is 0 Å². The average molecular weight is 474 g/mol. The number of pyridine rings is 1. The zero-order valence-corrected chi connectivity index (χ0v) is 19.3. The first-order valence-corrected chi connectivity index (χ1v) is 11.9. The summed E-state index contributed by atoms with van der Waals surface area (Å²) in [6.45, 7) is 2.25. The average Bonchev–Trinajstić information content (AvgIpc) is 2.72. The van der Waals surface area contributed by atoms with Gasteiger partial charge in [-0.25, -0.2) is 0 Å². The van der Waals surface area contributed by atoms with Gasteiger partial charge in [-0.15, -0.1) is 4.40 Å². The van der Waals surface area contributed by atoms with Crippen molar-refractivity contribution in [1.82, 2.24) is 14.8 Å². The van der Waals surface area contributed by atoms with Crippen LogP contribution in [-0.2, 0) is 16.6 Å². The predicted molar refractivity (Wildman–Crippen MR) is 128 cm³/mol. The van der Waals surface area contributed by atoms with Crippen molar-refractivity contribution in [3.8, 4) is 0 Å². The van der Waals surface area contributed by atoms with Crippen LogP contribution in [0.1, 0.15) is 5.56 Å². The van der Waals surface area contributed by atoms with Gasteiger partial charge >= 0.3 is 0 Å². The van der Waals surface area contributed by atoms with Crippen molar-refractivity contribution in [3.63, 3.8) is 0 Å². The summed E-state index contributed by atoms with van der Waals surface area (Å²) in [4.78, 5) is 18.3. The Morgan fingerprint density at radius 2 is 2.00 bits per heavy atom. The van der Waals surface area contributed by atoms with E-state index >= 15 is 0 Å². The maximum absolute atomic E-state index is 12.5. The third-order valence-electron chi connectivity index (χ3n) is 5.20. The predicted octanol–water partition coefficient (Wildman–Crippen LogP) is 2.76. The van der Waals surface area contributed by atoms with Crippen LogP contribution in [0.2, 0.25) is 5.02 Å². The van der Waals surface area contributed by atoms with Crippen LogP contribution in [0.5, 0.6) is 0 Å². The molecule has 1 fully saturated rings. The maximum Gasteiger partial charge on any atom is 0.285 e. The lowest BCUT2D eigenvalue weighted by molar-refractivity contribution is 0.153. The van der Waals surface area contributed by atoms with Crippen LogP contribution >= 0.6 is 11.6 Å². The summed E-state index contributed by atoms with van der Waals surface area (Å²) in [5.41, 5.74) is 1.73. The molecule has 0 radical (unpaired) electrons. The molecular weight excluding hydrogens is 450 g/mol. The first-order chi connectivity index (χ1) is 15.2. The highest BCUT2D eigenvalue weighted by Crippen LogP contribution is 2.26. The summed E-state index contributed by atoms with van der Waals surface area (Å²) in [5.74, 6) is 0. The van der Waals surface area contributed by atoms with E-state index in [1.165, 1.54) is 6.34 Å². The molecule has 0 saturated carbocycles. The smallest absolute Gasteiger partial charge is 0.285 e. The van der Waals surface area contributed by atoms with Crippen LogP contribution in [0.15, 0.2) is 62.7 Å². The zero-order chi connectivity index (χ0) is 22.9. The van der Waals surface area contributed by atoms with Crippen molar-refractivity contribution < 1.29 is 8.42 Å². The molecule has 32 heavy (non-hydrogen) atoms. The van der Waals surface area contributed by atoms with E-state index in [0.29, 0.717) is 11.9 Å². The summed E-state index contributed by atoms with van der Waals surface area (Å²) in [6, 6.07) is 12.9. The number of halogens is 1. The largest absolute Gasteiger partial charge is 0.380 e. The van der Waals surface area contributed by atoms with E-state index in [-0.39, 0.29) is 21.5 Å². The van der Waals surface area contributed by atoms with Crippen molar-refractivity contribution in [2.75, 3.05) is 32.5 Å². The SMILES string of the molecule is CN(C)C=NS(=O)(=O)c1cc(CN2CC(Nc3ccc4c(=O)[nH]ccc4c3)C2)ccc1Cl. The molecule has 0 unspecified atom stereocenters. The topological polar surface area (TPSA) is 97.9 Å². The first kappa shape index (κ1) is 22.3. The fourth-order valence-corrected chi connectivity index (χ4v) is 5.07. The minimum Gasteiger partial charge on any atom is -0.380 e. The number of likely N-dealkylation sites (tertiary alicyclic amines) is 1. The van der Waals surface area contributed by atoms with E-state index in [4.69, 9.17) is 11.6 Å². The van der Waals surface area contributed by atoms with Crippen molar-refractivity contribution in [2.45, 2.75) is 17.5 Å². The molecule has 1 aliphatic heterocycles. The quantitative estimate of drug-likeness (QED) is 0.404. The number of nitrogens with zero attached hydrogens (tertiary/aromatic N) is 3. The van der Waals surface area contributed by atoms with Gasteiger partial charge in [-0.3, -0.25) is 9.69 Å². The Balaban J connectivity index is 1.39. The number of aromatic nitrogens is 1. The van der Waals surface area contributed by atoms with Crippen molar-refractivity contribution in [2.24, 2.45) is 4.40 Å². The van der Waals surface area contributed by atoms with E-state index in [1.807, 2.05) is 30.3 Å². The van der Waals surface area contributed by atoms with Gasteiger partial charge in [0.1, 0.15) is 11.2 Å². The Morgan fingerprint density at radius 3 is 2.75 bits per heavy atom. The van der Waals surface area contributed by atoms with E-state index in [9.17, 15) is 13.2 Å². The lowest BCUT2D eigenvalue weighted by Crippen LogP contribution is -2.54. The number of H-pyrrole nitrogens is 1. The first-order valence-electron chi connectivity index (χ1n) is 10.1. The minimum absolute atomic E-state index is 0.0103. The Kier molecular flexibility index (Phi) is 6.23. The molecule has 1 saturated heterocycles. The fraction of sp³-hybridized carbons (Fsp3) is 0.273. The normalized spacial score (nSPS) is 15.2. The summed E-state index contributed by atoms with van der Waals surface area (Å²) in [7, 11) is -0.470. The lowest BCUT2D eigenvalue weighted by atomic mass is 10.1. The molecule has 0 spiro atoms. The molecule has 0 bridgehead atoms. The van der Waals surface area contributed by atoms with Crippen LogP contribution < -0.4 is 10.9 Å². The number of hydrogen-bond acceptors (Lipinski definition) is 5. The third-order valence-corrected chi connectivity index (χ3v) is 6.91. The molecular formula is C22H24ClN5O3S. The zero-order valence-electron chi connectivity index (χ0n) is 17.7. The van der Waals surface area contributed by atoms with Gasteiger partial charge in [-0.2, -0.15) is 8.42 Å². The molecule has 168 valence electrons. The Bertz CT molecular complexity index is 1330. The van der Waals surface area contributed by atoms with Crippen LogP contribution in [0, 0.1) is 0 Å². The van der Waals surface area contributed by atoms with Gasteiger partial charge in [0.25, 0.3) is 15.6 Å². The van der Waals surface area contributed by atoms with Crippen LogP contribution in [-0.4, -0.2) is 62.8 Å². The van der Waals surface area contributed by atoms with Gasteiger partial charge in [-0.1, -0.05) is 17.7 Å². The second-order valence-electron chi connectivity index (χ2n) is 8.07. The lowest BCUT2D eigenvalue weighted by Gasteiger charge is -2.40. The molecule has 1 aliphatic rings. The van der Waals surface area contributed by atoms with Gasteiger partial charge in [-0.05, 0) is 47.3 Å². The number of benzene rings is 2. The molecule has 0 atom stereocenters. The molecule has 4 rings (SSSR count). The van der Waals surface area contributed by atoms with E-state index in [0.717, 1.165) is 29.7 Å².